The zero-order valence-electron chi connectivity index (χ0n) is 18.4. The standard InChI is InChI=1S/C26H31NO3S/c1-29-23-8-7-22(12-24(23)30-2)31-16-25(28)27-21-5-3-20(4-6-21)26-13-17-9-18(14-26)11-19(10-17)15-26/h3-8,12,17-19H,9-11,13-16H2,1-2H3,(H,27,28). The summed E-state index contributed by atoms with van der Waals surface area (Å²) in [4.78, 5) is 13.5. The molecule has 31 heavy (non-hydrogen) atoms. The van der Waals surface area contributed by atoms with E-state index in [1.54, 1.807) is 14.2 Å². The highest BCUT2D eigenvalue weighted by atomic mass is 32.2. The van der Waals surface area contributed by atoms with Gasteiger partial charge in [-0.25, -0.2) is 0 Å². The Morgan fingerprint density at radius 1 is 0.935 bits per heavy atom. The normalized spacial score (nSPS) is 28.4. The Balaban J connectivity index is 1.19. The second-order valence-electron chi connectivity index (χ2n) is 9.63. The first-order chi connectivity index (χ1) is 15.1. The van der Waals surface area contributed by atoms with Gasteiger partial charge in [-0.2, -0.15) is 0 Å². The molecule has 0 saturated heterocycles. The van der Waals surface area contributed by atoms with Gasteiger partial charge in [0.2, 0.25) is 5.91 Å². The van der Waals surface area contributed by atoms with Crippen LogP contribution in [0.2, 0.25) is 0 Å². The summed E-state index contributed by atoms with van der Waals surface area (Å²) in [5.74, 6) is 4.55. The van der Waals surface area contributed by atoms with E-state index >= 15 is 0 Å². The SMILES string of the molecule is COc1ccc(SCC(=O)Nc2ccc(C34CC5CC(CC(C5)C3)C4)cc2)cc1OC. The molecule has 4 nitrogen and oxygen atoms in total. The lowest BCUT2D eigenvalue weighted by atomic mass is 9.48. The number of nitrogens with one attached hydrogen (secondary N) is 1. The number of benzene rings is 2. The van der Waals surface area contributed by atoms with Crippen molar-refractivity contribution in [2.45, 2.75) is 48.8 Å². The number of thioether (sulfide) groups is 1. The molecule has 0 atom stereocenters. The molecule has 1 N–H and O–H groups in total. The van der Waals surface area contributed by atoms with Crippen LogP contribution in [-0.2, 0) is 10.2 Å². The molecule has 0 unspecified atom stereocenters. The van der Waals surface area contributed by atoms with Crippen molar-refractivity contribution < 1.29 is 14.3 Å². The molecule has 1 amide bonds. The fourth-order valence-electron chi connectivity index (χ4n) is 6.62. The molecule has 0 radical (unpaired) electrons. The van der Waals surface area contributed by atoms with Crippen molar-refractivity contribution in [3.8, 4) is 11.5 Å². The highest BCUT2D eigenvalue weighted by Gasteiger charge is 2.51. The summed E-state index contributed by atoms with van der Waals surface area (Å²) in [6, 6.07) is 14.4. The smallest absolute Gasteiger partial charge is 0.234 e. The number of hydrogen-bond donors (Lipinski definition) is 1. The number of anilines is 1. The molecule has 2 aromatic rings. The van der Waals surface area contributed by atoms with Gasteiger partial charge < -0.3 is 14.8 Å². The molecule has 4 saturated carbocycles. The van der Waals surface area contributed by atoms with E-state index in [0.717, 1.165) is 28.3 Å². The summed E-state index contributed by atoms with van der Waals surface area (Å²) in [6.07, 6.45) is 8.49. The number of carbonyl (C=O) groups is 1. The monoisotopic (exact) mass is 437 g/mol. The molecule has 164 valence electrons. The quantitative estimate of drug-likeness (QED) is 0.548. The molecule has 0 heterocycles. The van der Waals surface area contributed by atoms with E-state index in [9.17, 15) is 4.79 Å². The maximum absolute atomic E-state index is 12.5. The van der Waals surface area contributed by atoms with Crippen LogP contribution in [0, 0.1) is 17.8 Å². The minimum absolute atomic E-state index is 0.00217. The van der Waals surface area contributed by atoms with Gasteiger partial charge >= 0.3 is 0 Å². The van der Waals surface area contributed by atoms with Gasteiger partial charge in [0.25, 0.3) is 0 Å². The zero-order chi connectivity index (χ0) is 21.4. The van der Waals surface area contributed by atoms with Crippen molar-refractivity contribution >= 4 is 23.4 Å². The number of carbonyl (C=O) groups excluding carboxylic acids is 1. The third kappa shape index (κ3) is 4.17. The highest BCUT2D eigenvalue weighted by Crippen LogP contribution is 2.60. The summed E-state index contributed by atoms with van der Waals surface area (Å²) < 4.78 is 10.6. The third-order valence-electron chi connectivity index (χ3n) is 7.54. The van der Waals surface area contributed by atoms with E-state index in [2.05, 4.69) is 29.6 Å². The topological polar surface area (TPSA) is 47.6 Å². The zero-order valence-corrected chi connectivity index (χ0v) is 19.2. The molecule has 0 spiro atoms. The van der Waals surface area contributed by atoms with E-state index in [1.165, 1.54) is 55.9 Å². The summed E-state index contributed by atoms with van der Waals surface area (Å²) >= 11 is 1.49. The van der Waals surface area contributed by atoms with Crippen LogP contribution in [0.3, 0.4) is 0 Å². The molecule has 4 aliphatic rings. The second kappa shape index (κ2) is 8.42. The van der Waals surface area contributed by atoms with E-state index in [-0.39, 0.29) is 5.91 Å². The van der Waals surface area contributed by atoms with E-state index in [1.807, 2.05) is 18.2 Å². The Hall–Kier alpha value is -2.14. The lowest BCUT2D eigenvalue weighted by Gasteiger charge is -2.57. The van der Waals surface area contributed by atoms with Gasteiger partial charge in [-0.05, 0) is 97.6 Å². The highest BCUT2D eigenvalue weighted by molar-refractivity contribution is 8.00. The van der Waals surface area contributed by atoms with Crippen molar-refractivity contribution in [3.63, 3.8) is 0 Å². The molecule has 5 heteroatoms. The molecule has 4 fully saturated rings. The van der Waals surface area contributed by atoms with E-state index < -0.39 is 0 Å². The summed E-state index contributed by atoms with van der Waals surface area (Å²) in [6.45, 7) is 0. The summed E-state index contributed by atoms with van der Waals surface area (Å²) in [5.41, 5.74) is 2.77. The van der Waals surface area contributed by atoms with Crippen molar-refractivity contribution in [2.24, 2.45) is 17.8 Å². The molecule has 0 aliphatic heterocycles. The number of hydrogen-bond acceptors (Lipinski definition) is 4. The Morgan fingerprint density at radius 2 is 1.55 bits per heavy atom. The first-order valence-electron chi connectivity index (χ1n) is 11.3. The predicted molar refractivity (Wildman–Crippen MR) is 125 cm³/mol. The van der Waals surface area contributed by atoms with Gasteiger partial charge in [0.05, 0.1) is 20.0 Å². The van der Waals surface area contributed by atoms with Crippen molar-refractivity contribution in [1.29, 1.82) is 0 Å². The van der Waals surface area contributed by atoms with Gasteiger partial charge in [-0.15, -0.1) is 11.8 Å². The van der Waals surface area contributed by atoms with Crippen molar-refractivity contribution in [1.82, 2.24) is 0 Å². The van der Waals surface area contributed by atoms with Crippen molar-refractivity contribution in [3.05, 3.63) is 48.0 Å². The molecule has 4 bridgehead atoms. The number of amides is 1. The minimum Gasteiger partial charge on any atom is -0.493 e. The summed E-state index contributed by atoms with van der Waals surface area (Å²) in [5, 5.41) is 3.05. The first kappa shape index (κ1) is 20.7. The van der Waals surface area contributed by atoms with Crippen LogP contribution in [0.15, 0.2) is 47.4 Å². The average Bonchev–Trinajstić information content (AvgIpc) is 2.77. The molecule has 2 aromatic carbocycles. The largest absolute Gasteiger partial charge is 0.493 e. The van der Waals surface area contributed by atoms with Crippen LogP contribution in [-0.4, -0.2) is 25.9 Å². The van der Waals surface area contributed by atoms with Crippen molar-refractivity contribution in [2.75, 3.05) is 25.3 Å². The Kier molecular flexibility index (Phi) is 5.63. The maximum atomic E-state index is 12.5. The predicted octanol–water partition coefficient (Wildman–Crippen LogP) is 5.90. The first-order valence-corrected chi connectivity index (χ1v) is 12.3. The number of rotatable bonds is 7. The van der Waals surface area contributed by atoms with Crippen LogP contribution in [0.25, 0.3) is 0 Å². The lowest BCUT2D eigenvalue weighted by Crippen LogP contribution is -2.48. The number of ether oxygens (including phenoxy) is 2. The van der Waals surface area contributed by atoms with Gasteiger partial charge in [-0.1, -0.05) is 12.1 Å². The Labute approximate surface area is 189 Å². The lowest BCUT2D eigenvalue weighted by molar-refractivity contribution is -0.113. The van der Waals surface area contributed by atoms with E-state index in [0.29, 0.717) is 22.7 Å². The van der Waals surface area contributed by atoms with Gasteiger partial charge in [0.15, 0.2) is 11.5 Å². The number of methoxy groups -OCH3 is 2. The van der Waals surface area contributed by atoms with Crippen LogP contribution in [0.1, 0.15) is 44.1 Å². The van der Waals surface area contributed by atoms with Gasteiger partial charge in [0.1, 0.15) is 0 Å². The minimum atomic E-state index is 0.00217. The second-order valence-corrected chi connectivity index (χ2v) is 10.7. The van der Waals surface area contributed by atoms with Crippen LogP contribution in [0.4, 0.5) is 5.69 Å². The fraction of sp³-hybridized carbons (Fsp3) is 0.500. The maximum Gasteiger partial charge on any atom is 0.234 e. The molecule has 6 rings (SSSR count). The molecular formula is C26H31NO3S. The molecule has 4 aliphatic carbocycles. The average molecular weight is 438 g/mol. The Bertz CT molecular complexity index is 920. The third-order valence-corrected chi connectivity index (χ3v) is 8.54. The molecule has 0 aromatic heterocycles. The summed E-state index contributed by atoms with van der Waals surface area (Å²) in [7, 11) is 3.23. The van der Waals surface area contributed by atoms with Crippen LogP contribution >= 0.6 is 11.8 Å². The van der Waals surface area contributed by atoms with Gasteiger partial charge in [-0.3, -0.25) is 4.79 Å². The Morgan fingerprint density at radius 3 is 2.13 bits per heavy atom. The fourth-order valence-corrected chi connectivity index (χ4v) is 7.35. The van der Waals surface area contributed by atoms with Crippen LogP contribution < -0.4 is 14.8 Å². The van der Waals surface area contributed by atoms with E-state index in [4.69, 9.17) is 9.47 Å². The van der Waals surface area contributed by atoms with Gasteiger partial charge in [0, 0.05) is 10.6 Å². The van der Waals surface area contributed by atoms with Crippen LogP contribution in [0.5, 0.6) is 11.5 Å². The molecular weight excluding hydrogens is 406 g/mol.